The van der Waals surface area contributed by atoms with E-state index >= 15 is 0 Å². The lowest BCUT2D eigenvalue weighted by atomic mass is 10.1. The van der Waals surface area contributed by atoms with E-state index in [1.54, 1.807) is 0 Å². The molecule has 2 aromatic rings. The third-order valence-corrected chi connectivity index (χ3v) is 2.94. The summed E-state index contributed by atoms with van der Waals surface area (Å²) in [5, 5.41) is 3.11. The molecular weight excluding hydrogens is 238 g/mol. The molecule has 0 aliphatic rings. The zero-order chi connectivity index (χ0) is 13.8. The first-order chi connectivity index (χ1) is 9.17. The highest BCUT2D eigenvalue weighted by atomic mass is 16.5. The molecule has 0 saturated heterocycles. The van der Waals surface area contributed by atoms with Gasteiger partial charge in [0.15, 0.2) is 0 Å². The van der Waals surface area contributed by atoms with Crippen LogP contribution in [0.1, 0.15) is 18.3 Å². The summed E-state index contributed by atoms with van der Waals surface area (Å²) < 4.78 is 5.68. The van der Waals surface area contributed by atoms with E-state index in [0.717, 1.165) is 34.2 Å². The van der Waals surface area contributed by atoms with Gasteiger partial charge in [0.1, 0.15) is 17.4 Å². The zero-order valence-corrected chi connectivity index (χ0v) is 11.8. The molecule has 0 atom stereocenters. The summed E-state index contributed by atoms with van der Waals surface area (Å²) in [6, 6.07) is 7.96. The predicted octanol–water partition coefficient (Wildman–Crippen LogP) is 3.20. The topological polar surface area (TPSA) is 47.0 Å². The Bertz CT molecular complexity index is 582. The van der Waals surface area contributed by atoms with Gasteiger partial charge in [0.2, 0.25) is 0 Å². The Labute approximate surface area is 113 Å². The van der Waals surface area contributed by atoms with E-state index in [1.165, 1.54) is 0 Å². The Balaban J connectivity index is 2.61. The fourth-order valence-electron chi connectivity index (χ4n) is 2.08. The van der Waals surface area contributed by atoms with Crippen LogP contribution >= 0.6 is 0 Å². The largest absolute Gasteiger partial charge is 0.493 e. The van der Waals surface area contributed by atoms with Crippen molar-refractivity contribution in [3.8, 4) is 17.0 Å². The molecule has 2 rings (SSSR count). The van der Waals surface area contributed by atoms with Crippen molar-refractivity contribution < 1.29 is 4.74 Å². The molecule has 0 fully saturated rings. The van der Waals surface area contributed by atoms with Gasteiger partial charge >= 0.3 is 0 Å². The minimum atomic E-state index is 0.638. The molecule has 0 amide bonds. The van der Waals surface area contributed by atoms with Crippen LogP contribution in [0.3, 0.4) is 0 Å². The summed E-state index contributed by atoms with van der Waals surface area (Å²) in [4.78, 5) is 8.95. The van der Waals surface area contributed by atoms with Crippen LogP contribution in [0, 0.1) is 13.8 Å². The van der Waals surface area contributed by atoms with Crippen molar-refractivity contribution in [3.63, 3.8) is 0 Å². The SMILES string of the molecule is CCOc1ccccc1-c1nc(C)nc(NC)c1C. The van der Waals surface area contributed by atoms with Crippen LogP contribution in [0.15, 0.2) is 24.3 Å². The number of aryl methyl sites for hydroxylation is 1. The lowest BCUT2D eigenvalue weighted by Gasteiger charge is -2.14. The van der Waals surface area contributed by atoms with E-state index in [2.05, 4.69) is 15.3 Å². The first-order valence-corrected chi connectivity index (χ1v) is 6.42. The molecule has 1 N–H and O–H groups in total. The first-order valence-electron chi connectivity index (χ1n) is 6.42. The Kier molecular flexibility index (Phi) is 4.00. The first kappa shape index (κ1) is 13.3. The number of nitrogens with zero attached hydrogens (tertiary/aromatic N) is 2. The molecule has 0 radical (unpaired) electrons. The van der Waals surface area contributed by atoms with Crippen LogP contribution in [0.4, 0.5) is 5.82 Å². The number of para-hydroxylation sites is 1. The van der Waals surface area contributed by atoms with Crippen LogP contribution in [-0.4, -0.2) is 23.6 Å². The summed E-state index contributed by atoms with van der Waals surface area (Å²) in [6.07, 6.45) is 0. The summed E-state index contributed by atoms with van der Waals surface area (Å²) in [6.45, 7) is 6.53. The number of hydrogen-bond donors (Lipinski definition) is 1. The molecule has 0 unspecified atom stereocenters. The maximum atomic E-state index is 5.68. The molecular formula is C15H19N3O. The number of rotatable bonds is 4. The smallest absolute Gasteiger partial charge is 0.132 e. The van der Waals surface area contributed by atoms with Crippen LogP contribution < -0.4 is 10.1 Å². The van der Waals surface area contributed by atoms with Gasteiger partial charge in [0.25, 0.3) is 0 Å². The normalized spacial score (nSPS) is 10.3. The molecule has 0 aliphatic heterocycles. The predicted molar refractivity (Wildman–Crippen MR) is 77.7 cm³/mol. The minimum Gasteiger partial charge on any atom is -0.493 e. The molecule has 1 aromatic heterocycles. The van der Waals surface area contributed by atoms with E-state index in [9.17, 15) is 0 Å². The molecule has 0 saturated carbocycles. The van der Waals surface area contributed by atoms with Crippen molar-refractivity contribution >= 4 is 5.82 Å². The Morgan fingerprint density at radius 1 is 1.16 bits per heavy atom. The maximum absolute atomic E-state index is 5.68. The van der Waals surface area contributed by atoms with E-state index in [1.807, 2.05) is 52.1 Å². The lowest BCUT2D eigenvalue weighted by molar-refractivity contribution is 0.341. The Morgan fingerprint density at radius 3 is 2.58 bits per heavy atom. The van der Waals surface area contributed by atoms with Gasteiger partial charge in [-0.05, 0) is 32.9 Å². The van der Waals surface area contributed by atoms with Crippen molar-refractivity contribution in [1.82, 2.24) is 9.97 Å². The number of nitrogens with one attached hydrogen (secondary N) is 1. The third-order valence-electron chi connectivity index (χ3n) is 2.94. The summed E-state index contributed by atoms with van der Waals surface area (Å²) in [7, 11) is 1.87. The molecule has 4 heteroatoms. The van der Waals surface area contributed by atoms with Crippen molar-refractivity contribution in [2.24, 2.45) is 0 Å². The molecule has 0 bridgehead atoms. The second-order valence-electron chi connectivity index (χ2n) is 4.27. The van der Waals surface area contributed by atoms with Crippen LogP contribution in [-0.2, 0) is 0 Å². The van der Waals surface area contributed by atoms with Gasteiger partial charge in [-0.3, -0.25) is 0 Å². The molecule has 100 valence electrons. The number of benzene rings is 1. The summed E-state index contributed by atoms with van der Waals surface area (Å²) in [5.74, 6) is 2.46. The number of hydrogen-bond acceptors (Lipinski definition) is 4. The monoisotopic (exact) mass is 257 g/mol. The van der Waals surface area contributed by atoms with Gasteiger partial charge in [-0.1, -0.05) is 12.1 Å². The molecule has 0 aliphatic carbocycles. The highest BCUT2D eigenvalue weighted by Gasteiger charge is 2.13. The van der Waals surface area contributed by atoms with Crippen molar-refractivity contribution in [1.29, 1.82) is 0 Å². The van der Waals surface area contributed by atoms with E-state index in [0.29, 0.717) is 6.61 Å². The zero-order valence-electron chi connectivity index (χ0n) is 11.8. The maximum Gasteiger partial charge on any atom is 0.132 e. The van der Waals surface area contributed by atoms with Gasteiger partial charge in [0, 0.05) is 18.2 Å². The second-order valence-corrected chi connectivity index (χ2v) is 4.27. The van der Waals surface area contributed by atoms with Crippen molar-refractivity contribution in [3.05, 3.63) is 35.7 Å². The average molecular weight is 257 g/mol. The molecule has 19 heavy (non-hydrogen) atoms. The van der Waals surface area contributed by atoms with Gasteiger partial charge in [-0.15, -0.1) is 0 Å². The molecule has 1 heterocycles. The van der Waals surface area contributed by atoms with E-state index < -0.39 is 0 Å². The summed E-state index contributed by atoms with van der Waals surface area (Å²) in [5.41, 5.74) is 2.95. The molecule has 4 nitrogen and oxygen atoms in total. The Morgan fingerprint density at radius 2 is 1.89 bits per heavy atom. The van der Waals surface area contributed by atoms with Crippen molar-refractivity contribution in [2.75, 3.05) is 19.0 Å². The second kappa shape index (κ2) is 5.69. The van der Waals surface area contributed by atoms with Gasteiger partial charge in [0.05, 0.1) is 12.3 Å². The van der Waals surface area contributed by atoms with Crippen LogP contribution in [0.25, 0.3) is 11.3 Å². The van der Waals surface area contributed by atoms with Crippen molar-refractivity contribution in [2.45, 2.75) is 20.8 Å². The lowest BCUT2D eigenvalue weighted by Crippen LogP contribution is -2.04. The minimum absolute atomic E-state index is 0.638. The third kappa shape index (κ3) is 2.67. The number of anilines is 1. The highest BCUT2D eigenvalue weighted by Crippen LogP contribution is 2.32. The standard InChI is InChI=1S/C15H19N3O/c1-5-19-13-9-7-6-8-12(13)14-10(2)15(16-4)18-11(3)17-14/h6-9H,5H2,1-4H3,(H,16,17,18). The molecule has 1 aromatic carbocycles. The van der Waals surface area contributed by atoms with Crippen LogP contribution in [0.5, 0.6) is 5.75 Å². The van der Waals surface area contributed by atoms with Gasteiger partial charge < -0.3 is 10.1 Å². The fourth-order valence-corrected chi connectivity index (χ4v) is 2.08. The molecule has 0 spiro atoms. The summed E-state index contributed by atoms with van der Waals surface area (Å²) >= 11 is 0. The van der Waals surface area contributed by atoms with Gasteiger partial charge in [-0.2, -0.15) is 0 Å². The average Bonchev–Trinajstić information content (AvgIpc) is 2.42. The van der Waals surface area contributed by atoms with E-state index in [-0.39, 0.29) is 0 Å². The Hall–Kier alpha value is -2.10. The number of ether oxygens (including phenoxy) is 1. The fraction of sp³-hybridized carbons (Fsp3) is 0.333. The number of aromatic nitrogens is 2. The van der Waals surface area contributed by atoms with Crippen LogP contribution in [0.2, 0.25) is 0 Å². The van der Waals surface area contributed by atoms with Gasteiger partial charge in [-0.25, -0.2) is 9.97 Å². The quantitative estimate of drug-likeness (QED) is 0.913. The van der Waals surface area contributed by atoms with E-state index in [4.69, 9.17) is 4.74 Å². The highest BCUT2D eigenvalue weighted by molar-refractivity contribution is 5.73.